The van der Waals surface area contributed by atoms with Crippen LogP contribution < -0.4 is 10.6 Å². The molecule has 1 fully saturated rings. The number of guanidine groups is 1. The Morgan fingerprint density at radius 3 is 2.93 bits per heavy atom. The molecule has 27 heavy (non-hydrogen) atoms. The third-order valence-electron chi connectivity index (χ3n) is 5.16. The number of amides is 1. The van der Waals surface area contributed by atoms with Crippen LogP contribution in [0.3, 0.4) is 0 Å². The molecule has 6 heteroatoms. The predicted molar refractivity (Wildman–Crippen MR) is 108 cm³/mol. The van der Waals surface area contributed by atoms with Gasteiger partial charge in [0.25, 0.3) is 0 Å². The van der Waals surface area contributed by atoms with Crippen LogP contribution in [0.4, 0.5) is 0 Å². The highest BCUT2D eigenvalue weighted by Gasteiger charge is 2.19. The minimum atomic E-state index is 0.243. The van der Waals surface area contributed by atoms with Gasteiger partial charge in [-0.1, -0.05) is 24.3 Å². The Kier molecular flexibility index (Phi) is 7.51. The van der Waals surface area contributed by atoms with E-state index < -0.39 is 0 Å². The number of nitrogens with one attached hydrogen (secondary N) is 2. The molecule has 2 aliphatic heterocycles. The van der Waals surface area contributed by atoms with Gasteiger partial charge in [0.05, 0.1) is 12.6 Å². The van der Waals surface area contributed by atoms with Crippen LogP contribution in [0.2, 0.25) is 0 Å². The highest BCUT2D eigenvalue weighted by Crippen LogP contribution is 2.19. The van der Waals surface area contributed by atoms with E-state index in [9.17, 15) is 4.79 Å². The second kappa shape index (κ2) is 10.3. The lowest BCUT2D eigenvalue weighted by atomic mass is 9.99. The molecule has 3 rings (SSSR count). The molecule has 0 saturated carbocycles. The van der Waals surface area contributed by atoms with Crippen molar-refractivity contribution in [2.75, 3.05) is 32.8 Å². The molecule has 0 spiro atoms. The third-order valence-corrected chi connectivity index (χ3v) is 5.16. The molecule has 2 aliphatic rings. The van der Waals surface area contributed by atoms with Crippen LogP contribution in [0.1, 0.15) is 43.7 Å². The number of rotatable bonds is 7. The molecule has 1 aromatic rings. The minimum Gasteiger partial charge on any atom is -0.376 e. The largest absolute Gasteiger partial charge is 0.376 e. The van der Waals surface area contributed by atoms with Crippen molar-refractivity contribution >= 4 is 11.9 Å². The van der Waals surface area contributed by atoms with E-state index in [0.717, 1.165) is 64.4 Å². The fourth-order valence-electron chi connectivity index (χ4n) is 3.64. The summed E-state index contributed by atoms with van der Waals surface area (Å²) in [7, 11) is 0. The van der Waals surface area contributed by atoms with Gasteiger partial charge in [-0.3, -0.25) is 9.79 Å². The number of carbonyl (C=O) groups is 1. The van der Waals surface area contributed by atoms with Crippen molar-refractivity contribution in [3.05, 3.63) is 35.4 Å². The zero-order valence-electron chi connectivity index (χ0n) is 16.4. The van der Waals surface area contributed by atoms with E-state index in [1.54, 1.807) is 0 Å². The first-order valence-corrected chi connectivity index (χ1v) is 10.2. The maximum Gasteiger partial charge on any atom is 0.222 e. The van der Waals surface area contributed by atoms with E-state index in [1.165, 1.54) is 11.1 Å². The van der Waals surface area contributed by atoms with Crippen LogP contribution in [0, 0.1) is 0 Å². The number of ether oxygens (including phenoxy) is 1. The van der Waals surface area contributed by atoms with E-state index in [2.05, 4.69) is 46.8 Å². The molecule has 1 atom stereocenters. The van der Waals surface area contributed by atoms with Crippen LogP contribution in [-0.4, -0.2) is 55.7 Å². The summed E-state index contributed by atoms with van der Waals surface area (Å²) in [6, 6.07) is 8.42. The van der Waals surface area contributed by atoms with Crippen LogP contribution in [0.25, 0.3) is 0 Å². The molecule has 1 unspecified atom stereocenters. The van der Waals surface area contributed by atoms with E-state index in [4.69, 9.17) is 4.74 Å². The molecule has 148 valence electrons. The summed E-state index contributed by atoms with van der Waals surface area (Å²) >= 11 is 0. The number of nitrogens with zero attached hydrogens (tertiary/aromatic N) is 2. The zero-order valence-corrected chi connectivity index (χ0v) is 16.4. The van der Waals surface area contributed by atoms with Crippen molar-refractivity contribution in [2.24, 2.45) is 4.99 Å². The Bertz CT molecular complexity index is 641. The molecule has 2 N–H and O–H groups in total. The van der Waals surface area contributed by atoms with Crippen LogP contribution in [0.5, 0.6) is 0 Å². The lowest BCUT2D eigenvalue weighted by molar-refractivity contribution is -0.132. The number of aliphatic imine (C=N–C) groups is 1. The second-order valence-electron chi connectivity index (χ2n) is 7.22. The first kappa shape index (κ1) is 19.7. The Balaban J connectivity index is 1.38. The van der Waals surface area contributed by atoms with Crippen molar-refractivity contribution in [3.8, 4) is 0 Å². The quantitative estimate of drug-likeness (QED) is 0.437. The Hall–Kier alpha value is -2.08. The smallest absolute Gasteiger partial charge is 0.222 e. The van der Waals surface area contributed by atoms with Gasteiger partial charge < -0.3 is 20.3 Å². The fourth-order valence-corrected chi connectivity index (χ4v) is 3.64. The molecule has 2 heterocycles. The molecule has 0 aromatic heterocycles. The Morgan fingerprint density at radius 2 is 2.15 bits per heavy atom. The summed E-state index contributed by atoms with van der Waals surface area (Å²) in [6.45, 7) is 6.75. The molecular weight excluding hydrogens is 340 g/mol. The monoisotopic (exact) mass is 372 g/mol. The van der Waals surface area contributed by atoms with Gasteiger partial charge in [0.15, 0.2) is 5.96 Å². The summed E-state index contributed by atoms with van der Waals surface area (Å²) in [5.74, 6) is 1.06. The number of carbonyl (C=O) groups excluding carboxylic acids is 1. The lowest BCUT2D eigenvalue weighted by Gasteiger charge is -2.29. The summed E-state index contributed by atoms with van der Waals surface area (Å²) in [6.07, 6.45) is 4.82. The molecule has 6 nitrogen and oxygen atoms in total. The molecule has 0 aliphatic carbocycles. The van der Waals surface area contributed by atoms with Gasteiger partial charge >= 0.3 is 0 Å². The summed E-state index contributed by atoms with van der Waals surface area (Å²) in [5, 5.41) is 6.59. The number of benzene rings is 1. The van der Waals surface area contributed by atoms with Gasteiger partial charge in [-0.2, -0.15) is 0 Å². The summed E-state index contributed by atoms with van der Waals surface area (Å²) in [4.78, 5) is 19.1. The zero-order chi connectivity index (χ0) is 18.9. The fraction of sp³-hybridized carbons (Fsp3) is 0.619. The molecule has 1 saturated heterocycles. The molecule has 1 amide bonds. The number of hydrogen-bond donors (Lipinski definition) is 2. The van der Waals surface area contributed by atoms with Crippen molar-refractivity contribution in [2.45, 2.75) is 51.7 Å². The molecule has 0 bridgehead atoms. The van der Waals surface area contributed by atoms with Gasteiger partial charge in [0.2, 0.25) is 5.91 Å². The van der Waals surface area contributed by atoms with Crippen molar-refractivity contribution < 1.29 is 9.53 Å². The van der Waals surface area contributed by atoms with Gasteiger partial charge in [-0.25, -0.2) is 0 Å². The minimum absolute atomic E-state index is 0.243. The van der Waals surface area contributed by atoms with Crippen molar-refractivity contribution in [1.29, 1.82) is 0 Å². The standard InChI is InChI=1S/C21H32N4O2/c1-2-22-21(24-15-19-9-6-14-27-19)23-12-5-10-20(26)25-13-11-17-7-3-4-8-18(17)16-25/h3-4,7-8,19H,2,5-6,9-16H2,1H3,(H2,22,23,24). The van der Waals surface area contributed by atoms with Gasteiger partial charge in [-0.15, -0.1) is 0 Å². The maximum atomic E-state index is 12.5. The van der Waals surface area contributed by atoms with E-state index in [-0.39, 0.29) is 12.0 Å². The second-order valence-corrected chi connectivity index (χ2v) is 7.22. The summed E-state index contributed by atoms with van der Waals surface area (Å²) in [5.41, 5.74) is 2.66. The lowest BCUT2D eigenvalue weighted by Crippen LogP contribution is -2.39. The number of fused-ring (bicyclic) bond motifs is 1. The maximum absolute atomic E-state index is 12.5. The average molecular weight is 373 g/mol. The first-order valence-electron chi connectivity index (χ1n) is 10.2. The van der Waals surface area contributed by atoms with Crippen molar-refractivity contribution in [1.82, 2.24) is 15.5 Å². The predicted octanol–water partition coefficient (Wildman–Crippen LogP) is 2.09. The SMILES string of the molecule is CCNC(=NCC1CCCO1)NCCCC(=O)N1CCc2ccccc2C1. The molecule has 0 radical (unpaired) electrons. The normalized spacial score (nSPS) is 19.7. The molecular formula is C21H32N4O2. The molecule has 1 aromatic carbocycles. The first-order chi connectivity index (χ1) is 13.3. The van der Waals surface area contributed by atoms with Crippen LogP contribution in [-0.2, 0) is 22.5 Å². The third kappa shape index (κ3) is 5.96. The highest BCUT2D eigenvalue weighted by atomic mass is 16.5. The topological polar surface area (TPSA) is 66.0 Å². The Labute approximate surface area is 162 Å². The summed E-state index contributed by atoms with van der Waals surface area (Å²) < 4.78 is 5.62. The Morgan fingerprint density at radius 1 is 1.30 bits per heavy atom. The van der Waals surface area contributed by atoms with Gasteiger partial charge in [-0.05, 0) is 43.7 Å². The van der Waals surface area contributed by atoms with Crippen molar-refractivity contribution in [3.63, 3.8) is 0 Å². The number of hydrogen-bond acceptors (Lipinski definition) is 3. The van der Waals surface area contributed by atoms with Crippen LogP contribution >= 0.6 is 0 Å². The highest BCUT2D eigenvalue weighted by molar-refractivity contribution is 5.80. The van der Waals surface area contributed by atoms with E-state index >= 15 is 0 Å². The van der Waals surface area contributed by atoms with Crippen LogP contribution in [0.15, 0.2) is 29.3 Å². The van der Waals surface area contributed by atoms with Gasteiger partial charge in [0.1, 0.15) is 0 Å². The van der Waals surface area contributed by atoms with Gasteiger partial charge in [0, 0.05) is 39.2 Å². The van der Waals surface area contributed by atoms with E-state index in [0.29, 0.717) is 13.0 Å². The van der Waals surface area contributed by atoms with E-state index in [1.807, 2.05) is 4.90 Å². The average Bonchev–Trinajstić information content (AvgIpc) is 3.22.